The third-order valence-electron chi connectivity index (χ3n) is 5.35. The number of carbonyl (C=O) groups excluding carboxylic acids is 2. The Morgan fingerprint density at radius 1 is 1.16 bits per heavy atom. The summed E-state index contributed by atoms with van der Waals surface area (Å²) in [5, 5.41) is 3.00. The summed E-state index contributed by atoms with van der Waals surface area (Å²) < 4.78 is 10.7. The first kappa shape index (κ1) is 15.7. The molecule has 2 bridgehead atoms. The highest BCUT2D eigenvalue weighted by Gasteiger charge is 2.63. The Morgan fingerprint density at radius 3 is 2.64 bits per heavy atom. The number of esters is 1. The number of nitrogens with one attached hydrogen (secondary N) is 1. The van der Waals surface area contributed by atoms with Gasteiger partial charge in [0.25, 0.3) is 5.91 Å². The standard InChI is InChI=1S/C20H19NO4/c1-24-19(23)20(21-18(22)13-6-3-2-4-7-13)15-10-9-14(12-15)17(20)16-8-5-11-25-16/h2-11,14-15,17H,12H2,1H3,(H,21,22)/t14-,15+,17-,20-/m0/s1. The maximum Gasteiger partial charge on any atom is 0.333 e. The smallest absolute Gasteiger partial charge is 0.333 e. The quantitative estimate of drug-likeness (QED) is 0.688. The van der Waals surface area contributed by atoms with Crippen molar-refractivity contribution in [3.8, 4) is 0 Å². The van der Waals surface area contributed by atoms with Crippen LogP contribution in [-0.4, -0.2) is 24.5 Å². The number of ether oxygens (including phenoxy) is 1. The third kappa shape index (κ3) is 2.30. The molecule has 0 saturated heterocycles. The second kappa shape index (κ2) is 5.92. The molecule has 0 spiro atoms. The molecule has 1 N–H and O–H groups in total. The minimum Gasteiger partial charge on any atom is -0.469 e. The van der Waals surface area contributed by atoms with Gasteiger partial charge in [-0.25, -0.2) is 4.79 Å². The van der Waals surface area contributed by atoms with Crippen molar-refractivity contribution in [2.45, 2.75) is 17.9 Å². The summed E-state index contributed by atoms with van der Waals surface area (Å²) in [6.07, 6.45) is 6.49. The van der Waals surface area contributed by atoms with Gasteiger partial charge in [0.05, 0.1) is 19.3 Å². The van der Waals surface area contributed by atoms with Crippen molar-refractivity contribution in [1.29, 1.82) is 0 Å². The van der Waals surface area contributed by atoms with Gasteiger partial charge in [0.2, 0.25) is 0 Å². The second-order valence-electron chi connectivity index (χ2n) is 6.56. The first-order chi connectivity index (χ1) is 12.2. The average molecular weight is 337 g/mol. The lowest BCUT2D eigenvalue weighted by molar-refractivity contribution is -0.150. The van der Waals surface area contributed by atoms with E-state index in [4.69, 9.17) is 9.15 Å². The monoisotopic (exact) mass is 337 g/mol. The molecule has 1 amide bonds. The van der Waals surface area contributed by atoms with Gasteiger partial charge in [0.1, 0.15) is 5.76 Å². The second-order valence-corrected chi connectivity index (χ2v) is 6.56. The molecule has 2 aliphatic carbocycles. The van der Waals surface area contributed by atoms with Crippen molar-refractivity contribution >= 4 is 11.9 Å². The Morgan fingerprint density at radius 2 is 1.96 bits per heavy atom. The molecule has 5 heteroatoms. The predicted molar refractivity (Wildman–Crippen MR) is 90.8 cm³/mol. The molecule has 1 aromatic heterocycles. The molecule has 2 aliphatic rings. The molecule has 1 aromatic carbocycles. The van der Waals surface area contributed by atoms with Crippen molar-refractivity contribution in [3.05, 3.63) is 72.2 Å². The molecular weight excluding hydrogens is 318 g/mol. The number of rotatable bonds is 4. The number of furan rings is 1. The number of hydrogen-bond donors (Lipinski definition) is 1. The van der Waals surface area contributed by atoms with Gasteiger partial charge in [0.15, 0.2) is 5.54 Å². The highest BCUT2D eigenvalue weighted by molar-refractivity contribution is 5.99. The Hall–Kier alpha value is -2.82. The van der Waals surface area contributed by atoms with Crippen LogP contribution in [0.4, 0.5) is 0 Å². The van der Waals surface area contributed by atoms with E-state index in [9.17, 15) is 9.59 Å². The first-order valence-corrected chi connectivity index (χ1v) is 8.34. The Labute approximate surface area is 145 Å². The van der Waals surface area contributed by atoms with Crippen LogP contribution in [0.5, 0.6) is 0 Å². The fourth-order valence-corrected chi connectivity index (χ4v) is 4.30. The van der Waals surface area contributed by atoms with Crippen LogP contribution >= 0.6 is 0 Å². The first-order valence-electron chi connectivity index (χ1n) is 8.34. The fourth-order valence-electron chi connectivity index (χ4n) is 4.30. The van der Waals surface area contributed by atoms with E-state index in [1.807, 2.05) is 18.2 Å². The molecule has 0 radical (unpaired) electrons. The Balaban J connectivity index is 1.78. The van der Waals surface area contributed by atoms with Crippen molar-refractivity contribution in [3.63, 3.8) is 0 Å². The summed E-state index contributed by atoms with van der Waals surface area (Å²) in [6.45, 7) is 0. The van der Waals surface area contributed by atoms with Gasteiger partial charge >= 0.3 is 5.97 Å². The number of fused-ring (bicyclic) bond motifs is 2. The molecular formula is C20H19NO4. The van der Waals surface area contributed by atoms with Crippen LogP contribution in [0.25, 0.3) is 0 Å². The number of allylic oxidation sites excluding steroid dienone is 1. The van der Waals surface area contributed by atoms with E-state index in [0.29, 0.717) is 11.3 Å². The molecule has 0 aliphatic heterocycles. The van der Waals surface area contributed by atoms with Crippen LogP contribution in [0.1, 0.15) is 28.5 Å². The molecule has 25 heavy (non-hydrogen) atoms. The van der Waals surface area contributed by atoms with Crippen LogP contribution in [0.3, 0.4) is 0 Å². The van der Waals surface area contributed by atoms with Crippen LogP contribution in [0.2, 0.25) is 0 Å². The summed E-state index contributed by atoms with van der Waals surface area (Å²) >= 11 is 0. The summed E-state index contributed by atoms with van der Waals surface area (Å²) in [5.41, 5.74) is -0.644. The predicted octanol–water partition coefficient (Wildman–Crippen LogP) is 2.91. The molecule has 128 valence electrons. The zero-order valence-electron chi connectivity index (χ0n) is 13.8. The minimum absolute atomic E-state index is 0.118. The maximum atomic E-state index is 12.9. The zero-order valence-corrected chi connectivity index (χ0v) is 13.8. The van der Waals surface area contributed by atoms with Crippen molar-refractivity contribution < 1.29 is 18.7 Å². The lowest BCUT2D eigenvalue weighted by Gasteiger charge is -2.39. The van der Waals surface area contributed by atoms with E-state index in [1.54, 1.807) is 36.6 Å². The normalized spacial score (nSPS) is 29.6. The Kier molecular flexibility index (Phi) is 3.71. The highest BCUT2D eigenvalue weighted by atomic mass is 16.5. The van der Waals surface area contributed by atoms with E-state index in [-0.39, 0.29) is 23.7 Å². The van der Waals surface area contributed by atoms with Crippen molar-refractivity contribution in [2.24, 2.45) is 11.8 Å². The van der Waals surface area contributed by atoms with Crippen LogP contribution in [0, 0.1) is 11.8 Å². The van der Waals surface area contributed by atoms with E-state index in [2.05, 4.69) is 11.4 Å². The van der Waals surface area contributed by atoms with Gasteiger partial charge in [0, 0.05) is 11.5 Å². The van der Waals surface area contributed by atoms with Gasteiger partial charge in [-0.2, -0.15) is 0 Å². The molecule has 4 rings (SSSR count). The van der Waals surface area contributed by atoms with Gasteiger partial charge in [-0.15, -0.1) is 0 Å². The minimum atomic E-state index is -1.15. The number of hydrogen-bond acceptors (Lipinski definition) is 4. The summed E-state index contributed by atoms with van der Waals surface area (Å²) in [4.78, 5) is 25.7. The van der Waals surface area contributed by atoms with E-state index in [0.717, 1.165) is 6.42 Å². The topological polar surface area (TPSA) is 68.5 Å². The fraction of sp³-hybridized carbons (Fsp3) is 0.300. The van der Waals surface area contributed by atoms with Crippen molar-refractivity contribution in [1.82, 2.24) is 5.32 Å². The molecule has 2 aromatic rings. The SMILES string of the molecule is COC(=O)[C@]1(NC(=O)c2ccccc2)[C@@H]2C=C[C@@H](C2)[C@H]1c1ccco1. The lowest BCUT2D eigenvalue weighted by Crippen LogP contribution is -2.61. The largest absolute Gasteiger partial charge is 0.469 e. The summed E-state index contributed by atoms with van der Waals surface area (Å²) in [5.74, 6) is -0.300. The zero-order chi connectivity index (χ0) is 17.4. The van der Waals surface area contributed by atoms with E-state index >= 15 is 0 Å². The number of benzene rings is 1. The third-order valence-corrected chi connectivity index (χ3v) is 5.35. The summed E-state index contributed by atoms with van der Waals surface area (Å²) in [6, 6.07) is 12.5. The maximum absolute atomic E-state index is 12.9. The number of methoxy groups -OCH3 is 1. The van der Waals surface area contributed by atoms with Crippen LogP contribution in [-0.2, 0) is 9.53 Å². The lowest BCUT2D eigenvalue weighted by atomic mass is 9.74. The molecule has 1 fully saturated rings. The van der Waals surface area contributed by atoms with Gasteiger partial charge in [-0.05, 0) is 36.6 Å². The van der Waals surface area contributed by atoms with Gasteiger partial charge in [-0.3, -0.25) is 4.79 Å². The summed E-state index contributed by atoms with van der Waals surface area (Å²) in [7, 11) is 1.35. The van der Waals surface area contributed by atoms with Crippen molar-refractivity contribution in [2.75, 3.05) is 7.11 Å². The van der Waals surface area contributed by atoms with E-state index < -0.39 is 11.5 Å². The van der Waals surface area contributed by atoms with E-state index in [1.165, 1.54) is 7.11 Å². The van der Waals surface area contributed by atoms with Gasteiger partial charge in [-0.1, -0.05) is 30.4 Å². The Bertz CT molecular complexity index is 811. The van der Waals surface area contributed by atoms with Gasteiger partial charge < -0.3 is 14.5 Å². The molecule has 1 heterocycles. The molecule has 1 saturated carbocycles. The molecule has 0 unspecified atom stereocenters. The molecule has 4 atom stereocenters. The number of amides is 1. The average Bonchev–Trinajstić information content (AvgIpc) is 3.38. The number of carbonyl (C=O) groups is 2. The highest BCUT2D eigenvalue weighted by Crippen LogP contribution is 2.56. The van der Waals surface area contributed by atoms with Crippen LogP contribution < -0.4 is 5.32 Å². The van der Waals surface area contributed by atoms with Crippen LogP contribution in [0.15, 0.2) is 65.3 Å². The molecule has 5 nitrogen and oxygen atoms in total.